The number of nitrogen functional groups attached to an aromatic ring is 1. The second-order valence-electron chi connectivity index (χ2n) is 3.95. The van der Waals surface area contributed by atoms with E-state index in [0.29, 0.717) is 11.8 Å². The van der Waals surface area contributed by atoms with Crippen LogP contribution in [0.15, 0.2) is 28.7 Å². The molecule has 1 aromatic heterocycles. The van der Waals surface area contributed by atoms with E-state index in [9.17, 15) is 0 Å². The topological polar surface area (TPSA) is 75.9 Å². The molecule has 0 radical (unpaired) electrons. The number of nitrogens with one attached hydrogen (secondary N) is 2. The van der Waals surface area contributed by atoms with Crippen LogP contribution >= 0.6 is 15.9 Å². The smallest absolute Gasteiger partial charge is 0.239 e. The predicted octanol–water partition coefficient (Wildman–Crippen LogP) is 2.89. The van der Waals surface area contributed by atoms with Gasteiger partial charge in [0.1, 0.15) is 5.82 Å². The molecular weight excluding hydrogens is 294 g/mol. The van der Waals surface area contributed by atoms with E-state index in [2.05, 4.69) is 36.6 Å². The molecule has 2 rings (SSSR count). The van der Waals surface area contributed by atoms with Gasteiger partial charge in [0.25, 0.3) is 0 Å². The van der Waals surface area contributed by atoms with Crippen LogP contribution in [0.3, 0.4) is 0 Å². The number of benzene rings is 1. The molecule has 0 atom stereocenters. The largest absolute Gasteiger partial charge is 0.340 e. The summed E-state index contributed by atoms with van der Waals surface area (Å²) in [6, 6.07) is 7.87. The lowest BCUT2D eigenvalue weighted by molar-refractivity contribution is 1.07. The van der Waals surface area contributed by atoms with Crippen LogP contribution in [0.25, 0.3) is 0 Å². The van der Waals surface area contributed by atoms with Crippen LogP contribution in [-0.4, -0.2) is 9.97 Å². The van der Waals surface area contributed by atoms with E-state index in [1.165, 1.54) is 0 Å². The molecule has 94 valence electrons. The van der Waals surface area contributed by atoms with Gasteiger partial charge in [0.15, 0.2) is 0 Å². The number of aryl methyl sites for hydroxylation is 2. The normalized spacial score (nSPS) is 10.2. The van der Waals surface area contributed by atoms with E-state index >= 15 is 0 Å². The van der Waals surface area contributed by atoms with Crippen LogP contribution in [-0.2, 0) is 0 Å². The summed E-state index contributed by atoms with van der Waals surface area (Å²) >= 11 is 3.44. The monoisotopic (exact) mass is 307 g/mol. The van der Waals surface area contributed by atoms with Crippen molar-refractivity contribution < 1.29 is 0 Å². The first-order valence-corrected chi connectivity index (χ1v) is 6.23. The average Bonchev–Trinajstić information content (AvgIpc) is 2.32. The molecule has 0 spiro atoms. The maximum absolute atomic E-state index is 5.32. The lowest BCUT2D eigenvalue weighted by atomic mass is 10.2. The van der Waals surface area contributed by atoms with Crippen molar-refractivity contribution in [3.8, 4) is 0 Å². The number of aromatic nitrogens is 2. The van der Waals surface area contributed by atoms with Gasteiger partial charge in [-0.05, 0) is 37.6 Å². The molecule has 0 aliphatic carbocycles. The lowest BCUT2D eigenvalue weighted by Gasteiger charge is -2.10. The highest BCUT2D eigenvalue weighted by Crippen LogP contribution is 2.23. The number of rotatable bonds is 3. The standard InChI is InChI=1S/C12H14BrN5/c1-7-5-9(13)3-4-10(7)16-11-6-8(2)15-12(17-11)18-14/h3-6H,14H2,1-2H3,(H2,15,16,17,18). The zero-order valence-electron chi connectivity index (χ0n) is 10.2. The number of nitrogens with zero attached hydrogens (tertiary/aromatic N) is 2. The molecule has 1 aromatic carbocycles. The second-order valence-corrected chi connectivity index (χ2v) is 4.86. The summed E-state index contributed by atoms with van der Waals surface area (Å²) in [5.74, 6) is 6.43. The molecule has 0 saturated heterocycles. The van der Waals surface area contributed by atoms with Gasteiger partial charge in [-0.2, -0.15) is 4.98 Å². The van der Waals surface area contributed by atoms with Crippen LogP contribution in [0.5, 0.6) is 0 Å². The minimum Gasteiger partial charge on any atom is -0.340 e. The Hall–Kier alpha value is -1.66. The van der Waals surface area contributed by atoms with Crippen LogP contribution in [0.2, 0.25) is 0 Å². The Morgan fingerprint density at radius 2 is 1.94 bits per heavy atom. The summed E-state index contributed by atoms with van der Waals surface area (Å²) in [5, 5.41) is 3.25. The van der Waals surface area contributed by atoms with Crippen LogP contribution in [0.4, 0.5) is 17.5 Å². The fraction of sp³-hybridized carbons (Fsp3) is 0.167. The molecule has 0 unspecified atom stereocenters. The average molecular weight is 308 g/mol. The molecule has 0 bridgehead atoms. The van der Waals surface area contributed by atoms with E-state index in [-0.39, 0.29) is 0 Å². The Morgan fingerprint density at radius 1 is 1.17 bits per heavy atom. The Kier molecular flexibility index (Phi) is 3.78. The molecule has 5 nitrogen and oxygen atoms in total. The number of nitrogens with two attached hydrogens (primary N) is 1. The quantitative estimate of drug-likeness (QED) is 0.600. The molecule has 0 aliphatic heterocycles. The summed E-state index contributed by atoms with van der Waals surface area (Å²) in [6.45, 7) is 3.92. The highest BCUT2D eigenvalue weighted by atomic mass is 79.9. The van der Waals surface area contributed by atoms with Crippen molar-refractivity contribution in [1.82, 2.24) is 9.97 Å². The SMILES string of the molecule is Cc1cc(Nc2ccc(Br)cc2C)nc(NN)n1. The zero-order chi connectivity index (χ0) is 13.1. The van der Waals surface area contributed by atoms with Gasteiger partial charge in [0.2, 0.25) is 5.95 Å². The van der Waals surface area contributed by atoms with Crippen molar-refractivity contribution in [2.75, 3.05) is 10.7 Å². The number of hydrazine groups is 1. The van der Waals surface area contributed by atoms with Crippen molar-refractivity contribution in [3.63, 3.8) is 0 Å². The Balaban J connectivity index is 2.30. The fourth-order valence-corrected chi connectivity index (χ4v) is 2.08. The van der Waals surface area contributed by atoms with E-state index in [4.69, 9.17) is 5.84 Å². The number of hydrogen-bond donors (Lipinski definition) is 3. The molecule has 1 heterocycles. The van der Waals surface area contributed by atoms with Crippen molar-refractivity contribution in [2.45, 2.75) is 13.8 Å². The van der Waals surface area contributed by atoms with Crippen molar-refractivity contribution in [3.05, 3.63) is 40.0 Å². The van der Waals surface area contributed by atoms with Gasteiger partial charge >= 0.3 is 0 Å². The third kappa shape index (κ3) is 2.96. The van der Waals surface area contributed by atoms with Crippen LogP contribution < -0.4 is 16.6 Å². The maximum Gasteiger partial charge on any atom is 0.239 e. The van der Waals surface area contributed by atoms with Gasteiger partial charge in [-0.3, -0.25) is 5.43 Å². The number of anilines is 3. The predicted molar refractivity (Wildman–Crippen MR) is 76.7 cm³/mol. The van der Waals surface area contributed by atoms with Gasteiger partial charge in [-0.25, -0.2) is 10.8 Å². The summed E-state index contributed by atoms with van der Waals surface area (Å²) < 4.78 is 1.05. The van der Waals surface area contributed by atoms with Gasteiger partial charge in [0.05, 0.1) is 0 Å². The van der Waals surface area contributed by atoms with Crippen LogP contribution in [0.1, 0.15) is 11.3 Å². The summed E-state index contributed by atoms with van der Waals surface area (Å²) in [6.07, 6.45) is 0. The Labute approximate surface area is 114 Å². The molecule has 6 heteroatoms. The summed E-state index contributed by atoms with van der Waals surface area (Å²) in [4.78, 5) is 8.38. The molecule has 2 aromatic rings. The minimum atomic E-state index is 0.396. The Morgan fingerprint density at radius 3 is 2.61 bits per heavy atom. The van der Waals surface area contributed by atoms with Gasteiger partial charge < -0.3 is 5.32 Å². The van der Waals surface area contributed by atoms with Gasteiger partial charge in [-0.15, -0.1) is 0 Å². The molecule has 18 heavy (non-hydrogen) atoms. The molecule has 0 saturated carbocycles. The first-order chi connectivity index (χ1) is 8.58. The van der Waals surface area contributed by atoms with Crippen LogP contribution in [0, 0.1) is 13.8 Å². The molecule has 0 amide bonds. The first-order valence-electron chi connectivity index (χ1n) is 5.44. The molecule has 0 aliphatic rings. The van der Waals surface area contributed by atoms with E-state index in [1.807, 2.05) is 38.1 Å². The molecular formula is C12H14BrN5. The third-order valence-corrected chi connectivity index (χ3v) is 2.93. The van der Waals surface area contributed by atoms with Crippen molar-refractivity contribution in [1.29, 1.82) is 0 Å². The summed E-state index contributed by atoms with van der Waals surface area (Å²) in [5.41, 5.74) is 5.42. The first kappa shape index (κ1) is 12.8. The van der Waals surface area contributed by atoms with Gasteiger partial charge in [0, 0.05) is 21.9 Å². The zero-order valence-corrected chi connectivity index (χ0v) is 11.7. The highest BCUT2D eigenvalue weighted by Gasteiger charge is 2.03. The second kappa shape index (κ2) is 5.32. The van der Waals surface area contributed by atoms with Crippen molar-refractivity contribution in [2.24, 2.45) is 5.84 Å². The summed E-state index contributed by atoms with van der Waals surface area (Å²) in [7, 11) is 0. The molecule has 0 fully saturated rings. The number of halogens is 1. The number of hydrogen-bond acceptors (Lipinski definition) is 5. The van der Waals surface area contributed by atoms with E-state index in [0.717, 1.165) is 21.4 Å². The minimum absolute atomic E-state index is 0.396. The Bertz CT molecular complexity index is 570. The fourth-order valence-electron chi connectivity index (χ4n) is 1.60. The van der Waals surface area contributed by atoms with Crippen molar-refractivity contribution >= 4 is 33.4 Å². The maximum atomic E-state index is 5.32. The molecule has 4 N–H and O–H groups in total. The third-order valence-electron chi connectivity index (χ3n) is 2.43. The van der Waals surface area contributed by atoms with Gasteiger partial charge in [-0.1, -0.05) is 15.9 Å². The lowest BCUT2D eigenvalue weighted by Crippen LogP contribution is -2.12. The highest BCUT2D eigenvalue weighted by molar-refractivity contribution is 9.10. The van der Waals surface area contributed by atoms with E-state index in [1.54, 1.807) is 0 Å². The van der Waals surface area contributed by atoms with E-state index < -0.39 is 0 Å².